The molecule has 2 aliphatic heterocycles. The molecule has 0 radical (unpaired) electrons. The molecule has 0 saturated carbocycles. The highest BCUT2D eigenvalue weighted by molar-refractivity contribution is 7.09. The normalized spacial score (nSPS) is 29.5. The maximum atomic E-state index is 13.9. The fraction of sp³-hybridized carbons (Fsp3) is 0.733. The van der Waals surface area contributed by atoms with E-state index in [4.69, 9.17) is 4.74 Å². The molecule has 3 rings (SSSR count). The summed E-state index contributed by atoms with van der Waals surface area (Å²) in [6.45, 7) is 4.28. The van der Waals surface area contributed by atoms with Gasteiger partial charge in [-0.3, -0.25) is 14.6 Å². The second-order valence-corrected chi connectivity index (χ2v) is 7.25. The standard InChI is InChI=1S/C15H22FN3O2S/c1-10-17-12(9-22-10)7-19-6-11(16)5-13(19)8-18(2)14-3-4-21-15(14)20/h9,11,13-14H,3-8H2,1-2H3/t11-,13-,14-/m0/s1. The van der Waals surface area contributed by atoms with Crippen molar-refractivity contribution in [2.24, 2.45) is 0 Å². The average Bonchev–Trinajstić information content (AvgIpc) is 3.13. The van der Waals surface area contributed by atoms with Crippen LogP contribution in [0.15, 0.2) is 5.38 Å². The third-order valence-corrected chi connectivity index (χ3v) is 5.27. The number of esters is 1. The van der Waals surface area contributed by atoms with Gasteiger partial charge in [-0.15, -0.1) is 11.3 Å². The number of carbonyl (C=O) groups is 1. The molecule has 0 unspecified atom stereocenters. The van der Waals surface area contributed by atoms with Crippen LogP contribution in [-0.2, 0) is 16.1 Å². The van der Waals surface area contributed by atoms with E-state index in [1.54, 1.807) is 11.3 Å². The van der Waals surface area contributed by atoms with Gasteiger partial charge in [0.15, 0.2) is 0 Å². The highest BCUT2D eigenvalue weighted by atomic mass is 32.1. The molecule has 22 heavy (non-hydrogen) atoms. The Labute approximate surface area is 134 Å². The molecule has 0 aromatic carbocycles. The zero-order chi connectivity index (χ0) is 15.7. The summed E-state index contributed by atoms with van der Waals surface area (Å²) in [5.74, 6) is -0.154. The van der Waals surface area contributed by atoms with Crippen LogP contribution in [-0.4, -0.2) is 65.8 Å². The number of nitrogens with zero attached hydrogens (tertiary/aromatic N) is 3. The predicted octanol–water partition coefficient (Wildman–Crippen LogP) is 1.61. The molecule has 1 aromatic heterocycles. The molecule has 0 N–H and O–H groups in total. The fourth-order valence-electron chi connectivity index (χ4n) is 3.34. The lowest BCUT2D eigenvalue weighted by molar-refractivity contribution is -0.142. The first kappa shape index (κ1) is 15.8. The minimum atomic E-state index is -0.798. The Morgan fingerprint density at radius 3 is 3.05 bits per heavy atom. The minimum absolute atomic E-state index is 0.121. The Kier molecular flexibility index (Phi) is 4.75. The number of likely N-dealkylation sites (tertiary alicyclic amines) is 1. The predicted molar refractivity (Wildman–Crippen MR) is 82.6 cm³/mol. The van der Waals surface area contributed by atoms with Crippen LogP contribution in [0.4, 0.5) is 4.39 Å². The number of aryl methyl sites for hydroxylation is 1. The van der Waals surface area contributed by atoms with Gasteiger partial charge in [0.1, 0.15) is 12.2 Å². The van der Waals surface area contributed by atoms with Crippen molar-refractivity contribution in [1.82, 2.24) is 14.8 Å². The molecule has 2 saturated heterocycles. The molecule has 2 aliphatic rings. The largest absolute Gasteiger partial charge is 0.464 e. The first-order valence-electron chi connectivity index (χ1n) is 7.69. The van der Waals surface area contributed by atoms with Gasteiger partial charge in [0.05, 0.1) is 17.3 Å². The van der Waals surface area contributed by atoms with Gasteiger partial charge in [0, 0.05) is 37.5 Å². The van der Waals surface area contributed by atoms with Gasteiger partial charge >= 0.3 is 5.97 Å². The maximum absolute atomic E-state index is 13.9. The van der Waals surface area contributed by atoms with E-state index >= 15 is 0 Å². The third kappa shape index (κ3) is 3.47. The summed E-state index contributed by atoms with van der Waals surface area (Å²) in [5, 5.41) is 3.07. The molecule has 122 valence electrons. The van der Waals surface area contributed by atoms with Crippen LogP contribution >= 0.6 is 11.3 Å². The van der Waals surface area contributed by atoms with Gasteiger partial charge < -0.3 is 4.74 Å². The quantitative estimate of drug-likeness (QED) is 0.769. The Morgan fingerprint density at radius 1 is 1.59 bits per heavy atom. The number of aromatic nitrogens is 1. The van der Waals surface area contributed by atoms with E-state index < -0.39 is 6.17 Å². The molecule has 0 aliphatic carbocycles. The van der Waals surface area contributed by atoms with Crippen molar-refractivity contribution in [2.45, 2.75) is 44.6 Å². The molecular formula is C15H22FN3O2S. The number of ether oxygens (including phenoxy) is 1. The lowest BCUT2D eigenvalue weighted by atomic mass is 10.1. The summed E-state index contributed by atoms with van der Waals surface area (Å²) >= 11 is 1.62. The van der Waals surface area contributed by atoms with E-state index in [0.29, 0.717) is 32.7 Å². The Bertz CT molecular complexity index is 539. The van der Waals surface area contributed by atoms with E-state index in [9.17, 15) is 9.18 Å². The van der Waals surface area contributed by atoms with Crippen LogP contribution in [0.1, 0.15) is 23.5 Å². The van der Waals surface area contributed by atoms with E-state index in [1.165, 1.54) is 0 Å². The Hall–Kier alpha value is -1.05. The van der Waals surface area contributed by atoms with Crippen LogP contribution in [0.2, 0.25) is 0 Å². The number of hydrogen-bond donors (Lipinski definition) is 0. The molecule has 3 heterocycles. The van der Waals surface area contributed by atoms with Gasteiger partial charge in [-0.1, -0.05) is 0 Å². The van der Waals surface area contributed by atoms with Crippen molar-refractivity contribution in [2.75, 3.05) is 26.7 Å². The molecule has 0 spiro atoms. The van der Waals surface area contributed by atoms with Crippen LogP contribution in [0, 0.1) is 6.92 Å². The smallest absolute Gasteiger partial charge is 0.323 e. The molecular weight excluding hydrogens is 305 g/mol. The Morgan fingerprint density at radius 2 is 2.41 bits per heavy atom. The number of alkyl halides is 1. The topological polar surface area (TPSA) is 45.7 Å². The van der Waals surface area contributed by atoms with Crippen molar-refractivity contribution >= 4 is 17.3 Å². The average molecular weight is 327 g/mol. The summed E-state index contributed by atoms with van der Waals surface area (Å²) in [7, 11) is 1.92. The van der Waals surface area contributed by atoms with Gasteiger partial charge in [0.2, 0.25) is 0 Å². The molecule has 2 fully saturated rings. The van der Waals surface area contributed by atoms with Gasteiger partial charge in [-0.05, 0) is 20.4 Å². The van der Waals surface area contributed by atoms with Crippen LogP contribution < -0.4 is 0 Å². The minimum Gasteiger partial charge on any atom is -0.464 e. The molecule has 5 nitrogen and oxygen atoms in total. The number of carbonyl (C=O) groups excluding carboxylic acids is 1. The monoisotopic (exact) mass is 327 g/mol. The lowest BCUT2D eigenvalue weighted by Gasteiger charge is -2.29. The summed E-state index contributed by atoms with van der Waals surface area (Å²) < 4.78 is 18.9. The lowest BCUT2D eigenvalue weighted by Crippen LogP contribution is -2.44. The number of rotatable bonds is 5. The Balaban J connectivity index is 1.61. The molecule has 1 aromatic rings. The van der Waals surface area contributed by atoms with E-state index in [0.717, 1.165) is 17.1 Å². The highest BCUT2D eigenvalue weighted by Crippen LogP contribution is 2.25. The number of hydrogen-bond acceptors (Lipinski definition) is 6. The van der Waals surface area contributed by atoms with Gasteiger partial charge in [-0.25, -0.2) is 9.37 Å². The summed E-state index contributed by atoms with van der Waals surface area (Å²) in [5.41, 5.74) is 1.00. The third-order valence-electron chi connectivity index (χ3n) is 4.45. The maximum Gasteiger partial charge on any atom is 0.323 e. The van der Waals surface area contributed by atoms with Crippen molar-refractivity contribution in [1.29, 1.82) is 0 Å². The van der Waals surface area contributed by atoms with E-state index in [-0.39, 0.29) is 18.1 Å². The van der Waals surface area contributed by atoms with Gasteiger partial charge in [0.25, 0.3) is 0 Å². The molecule has 0 amide bonds. The SMILES string of the molecule is Cc1nc(CN2C[C@@H](F)C[C@H]2CN(C)[C@H]2CCOC2=O)cs1. The molecule has 7 heteroatoms. The number of halogens is 1. The van der Waals surface area contributed by atoms with Crippen LogP contribution in [0.3, 0.4) is 0 Å². The second kappa shape index (κ2) is 6.60. The van der Waals surface area contributed by atoms with Gasteiger partial charge in [-0.2, -0.15) is 0 Å². The van der Waals surface area contributed by atoms with E-state index in [1.807, 2.05) is 24.3 Å². The first-order valence-corrected chi connectivity index (χ1v) is 8.57. The zero-order valence-corrected chi connectivity index (χ0v) is 13.8. The van der Waals surface area contributed by atoms with Crippen molar-refractivity contribution in [3.8, 4) is 0 Å². The van der Waals surface area contributed by atoms with Crippen molar-refractivity contribution in [3.63, 3.8) is 0 Å². The number of likely N-dealkylation sites (N-methyl/N-ethyl adjacent to an activating group) is 1. The van der Waals surface area contributed by atoms with Crippen LogP contribution in [0.25, 0.3) is 0 Å². The first-order chi connectivity index (χ1) is 10.5. The highest BCUT2D eigenvalue weighted by Gasteiger charge is 2.37. The molecule has 3 atom stereocenters. The van der Waals surface area contributed by atoms with Crippen molar-refractivity contribution in [3.05, 3.63) is 16.1 Å². The van der Waals surface area contributed by atoms with Crippen LogP contribution in [0.5, 0.6) is 0 Å². The second-order valence-electron chi connectivity index (χ2n) is 6.19. The summed E-state index contributed by atoms with van der Waals surface area (Å²) in [6, 6.07) is -0.0579. The zero-order valence-electron chi connectivity index (χ0n) is 13.0. The molecule has 0 bridgehead atoms. The fourth-order valence-corrected chi connectivity index (χ4v) is 3.94. The van der Waals surface area contributed by atoms with Crippen molar-refractivity contribution < 1.29 is 13.9 Å². The number of thiazole rings is 1. The van der Waals surface area contributed by atoms with E-state index in [2.05, 4.69) is 9.88 Å². The summed E-state index contributed by atoms with van der Waals surface area (Å²) in [4.78, 5) is 20.3. The summed E-state index contributed by atoms with van der Waals surface area (Å²) in [6.07, 6.45) is 0.454. The number of cyclic esters (lactones) is 1.